The van der Waals surface area contributed by atoms with Gasteiger partial charge in [-0.05, 0) is 68.1 Å². The van der Waals surface area contributed by atoms with Crippen LogP contribution in [-0.4, -0.2) is 46.4 Å². The summed E-state index contributed by atoms with van der Waals surface area (Å²) in [5, 5.41) is 2.76. The lowest BCUT2D eigenvalue weighted by Gasteiger charge is -2.20. The number of benzene rings is 2. The standard InChI is InChI=1S/C24H26FN3O3S/c1-15-5-6-16(2)20(12-15)27-24-28(14-19-4-3-11-31-19)23(30)21(32-24)13-22(29)26-18-9-7-17(25)8-10-18/h5-10,12,19,21H,3-4,11,13-14H2,1-2H3,(H,26,29). The molecule has 8 heteroatoms. The van der Waals surface area contributed by atoms with Crippen molar-refractivity contribution in [3.05, 3.63) is 59.4 Å². The molecule has 0 aliphatic carbocycles. The summed E-state index contributed by atoms with van der Waals surface area (Å²) in [4.78, 5) is 32.2. The van der Waals surface area contributed by atoms with Crippen LogP contribution in [0, 0.1) is 19.7 Å². The molecule has 32 heavy (non-hydrogen) atoms. The predicted octanol–water partition coefficient (Wildman–Crippen LogP) is 4.58. The first-order valence-electron chi connectivity index (χ1n) is 10.7. The van der Waals surface area contributed by atoms with Gasteiger partial charge in [0.05, 0.1) is 18.3 Å². The second-order valence-electron chi connectivity index (χ2n) is 8.13. The molecule has 0 aromatic heterocycles. The Morgan fingerprint density at radius 2 is 2.03 bits per heavy atom. The van der Waals surface area contributed by atoms with Crippen LogP contribution < -0.4 is 5.32 Å². The number of carbonyl (C=O) groups excluding carboxylic acids is 2. The molecule has 2 atom stereocenters. The molecule has 168 valence electrons. The average Bonchev–Trinajstić information content (AvgIpc) is 3.37. The molecule has 0 radical (unpaired) electrons. The van der Waals surface area contributed by atoms with Gasteiger partial charge in [0.2, 0.25) is 11.8 Å². The fourth-order valence-electron chi connectivity index (χ4n) is 3.74. The van der Waals surface area contributed by atoms with Crippen molar-refractivity contribution in [3.8, 4) is 0 Å². The molecule has 2 saturated heterocycles. The second kappa shape index (κ2) is 9.83. The summed E-state index contributed by atoms with van der Waals surface area (Å²) in [5.41, 5.74) is 3.41. The molecular formula is C24H26FN3O3S. The predicted molar refractivity (Wildman–Crippen MR) is 125 cm³/mol. The van der Waals surface area contributed by atoms with Gasteiger partial charge in [0.15, 0.2) is 5.17 Å². The van der Waals surface area contributed by atoms with E-state index in [-0.39, 0.29) is 30.2 Å². The van der Waals surface area contributed by atoms with Crippen LogP contribution in [0.15, 0.2) is 47.5 Å². The van der Waals surface area contributed by atoms with Gasteiger partial charge in [-0.15, -0.1) is 0 Å². The first kappa shape index (κ1) is 22.5. The number of halogens is 1. The normalized spacial score (nSPS) is 22.0. The van der Waals surface area contributed by atoms with Crippen molar-refractivity contribution < 1.29 is 18.7 Å². The van der Waals surface area contributed by atoms with Crippen molar-refractivity contribution in [2.75, 3.05) is 18.5 Å². The van der Waals surface area contributed by atoms with E-state index in [9.17, 15) is 14.0 Å². The molecule has 0 saturated carbocycles. The third kappa shape index (κ3) is 5.37. The Balaban J connectivity index is 1.52. The molecule has 2 aromatic carbocycles. The first-order chi connectivity index (χ1) is 15.4. The number of hydrogen-bond donors (Lipinski definition) is 1. The summed E-state index contributed by atoms with van der Waals surface area (Å²) in [6.45, 7) is 5.12. The van der Waals surface area contributed by atoms with E-state index in [1.54, 1.807) is 4.90 Å². The molecule has 6 nitrogen and oxygen atoms in total. The molecule has 2 unspecified atom stereocenters. The maximum absolute atomic E-state index is 13.2. The maximum atomic E-state index is 13.2. The van der Waals surface area contributed by atoms with Gasteiger partial charge in [-0.2, -0.15) is 0 Å². The zero-order chi connectivity index (χ0) is 22.7. The summed E-state index contributed by atoms with van der Waals surface area (Å²) in [6.07, 6.45) is 1.87. The van der Waals surface area contributed by atoms with Crippen LogP contribution >= 0.6 is 11.8 Å². The fraction of sp³-hybridized carbons (Fsp3) is 0.375. The number of rotatable bonds is 6. The molecule has 2 aliphatic heterocycles. The lowest BCUT2D eigenvalue weighted by molar-refractivity contribution is -0.129. The van der Waals surface area contributed by atoms with E-state index >= 15 is 0 Å². The van der Waals surface area contributed by atoms with Crippen LogP contribution in [0.1, 0.15) is 30.4 Å². The van der Waals surface area contributed by atoms with Crippen molar-refractivity contribution >= 4 is 40.1 Å². The van der Waals surface area contributed by atoms with E-state index < -0.39 is 5.25 Å². The number of aryl methyl sites for hydroxylation is 2. The molecule has 2 amide bonds. The third-order valence-electron chi connectivity index (χ3n) is 5.51. The Kier molecular flexibility index (Phi) is 6.91. The molecule has 2 heterocycles. The van der Waals surface area contributed by atoms with Crippen molar-refractivity contribution in [3.63, 3.8) is 0 Å². The molecule has 0 bridgehead atoms. The quantitative estimate of drug-likeness (QED) is 0.692. The van der Waals surface area contributed by atoms with Gasteiger partial charge in [0.25, 0.3) is 0 Å². The third-order valence-corrected chi connectivity index (χ3v) is 6.69. The van der Waals surface area contributed by atoms with Crippen molar-refractivity contribution in [1.82, 2.24) is 4.90 Å². The van der Waals surface area contributed by atoms with Gasteiger partial charge in [-0.25, -0.2) is 9.38 Å². The monoisotopic (exact) mass is 455 g/mol. The highest BCUT2D eigenvalue weighted by molar-refractivity contribution is 8.15. The van der Waals surface area contributed by atoms with Crippen LogP contribution in [0.3, 0.4) is 0 Å². The number of nitrogens with zero attached hydrogens (tertiary/aromatic N) is 2. The van der Waals surface area contributed by atoms with Gasteiger partial charge in [0.1, 0.15) is 11.1 Å². The minimum absolute atomic E-state index is 0.00865. The van der Waals surface area contributed by atoms with Crippen LogP contribution in [0.5, 0.6) is 0 Å². The number of amidine groups is 1. The van der Waals surface area contributed by atoms with Crippen molar-refractivity contribution in [2.24, 2.45) is 4.99 Å². The number of anilines is 1. The van der Waals surface area contributed by atoms with Crippen LogP contribution in [0.25, 0.3) is 0 Å². The van der Waals surface area contributed by atoms with Gasteiger partial charge in [-0.1, -0.05) is 23.9 Å². The first-order valence-corrected chi connectivity index (χ1v) is 11.6. The van der Waals surface area contributed by atoms with Gasteiger partial charge in [-0.3, -0.25) is 14.5 Å². The molecule has 1 N–H and O–H groups in total. The summed E-state index contributed by atoms with van der Waals surface area (Å²) in [7, 11) is 0. The highest BCUT2D eigenvalue weighted by atomic mass is 32.2. The van der Waals surface area contributed by atoms with Gasteiger partial charge in [0, 0.05) is 18.7 Å². The summed E-state index contributed by atoms with van der Waals surface area (Å²) in [5.74, 6) is -0.807. The SMILES string of the molecule is Cc1ccc(C)c(N=C2SC(CC(=O)Nc3ccc(F)cc3)C(=O)N2CC2CCCO2)c1. The van der Waals surface area contributed by atoms with E-state index in [0.29, 0.717) is 24.0 Å². The summed E-state index contributed by atoms with van der Waals surface area (Å²) in [6, 6.07) is 11.6. The topological polar surface area (TPSA) is 71.0 Å². The Morgan fingerprint density at radius 1 is 1.25 bits per heavy atom. The Hall–Kier alpha value is -2.71. The highest BCUT2D eigenvalue weighted by Crippen LogP contribution is 2.34. The lowest BCUT2D eigenvalue weighted by atomic mass is 10.1. The van der Waals surface area contributed by atoms with E-state index in [1.165, 1.54) is 36.0 Å². The Labute approximate surface area is 191 Å². The van der Waals surface area contributed by atoms with E-state index in [0.717, 1.165) is 29.7 Å². The number of amides is 2. The van der Waals surface area contributed by atoms with Crippen LogP contribution in [-0.2, 0) is 14.3 Å². The number of carbonyl (C=O) groups is 2. The molecule has 2 aromatic rings. The zero-order valence-corrected chi connectivity index (χ0v) is 19.0. The summed E-state index contributed by atoms with van der Waals surface area (Å²) < 4.78 is 18.8. The Bertz CT molecular complexity index is 1040. The van der Waals surface area contributed by atoms with E-state index in [1.807, 2.05) is 32.0 Å². The minimum atomic E-state index is -0.569. The van der Waals surface area contributed by atoms with Gasteiger partial charge < -0.3 is 10.1 Å². The average molecular weight is 456 g/mol. The zero-order valence-electron chi connectivity index (χ0n) is 18.1. The number of hydrogen-bond acceptors (Lipinski definition) is 5. The molecular weight excluding hydrogens is 429 g/mol. The second-order valence-corrected chi connectivity index (χ2v) is 9.30. The fourth-order valence-corrected chi connectivity index (χ4v) is 4.90. The minimum Gasteiger partial charge on any atom is -0.376 e. The highest BCUT2D eigenvalue weighted by Gasteiger charge is 2.40. The van der Waals surface area contributed by atoms with Crippen LogP contribution in [0.2, 0.25) is 0 Å². The maximum Gasteiger partial charge on any atom is 0.242 e. The summed E-state index contributed by atoms with van der Waals surface area (Å²) >= 11 is 1.31. The van der Waals surface area contributed by atoms with Gasteiger partial charge >= 0.3 is 0 Å². The molecule has 2 fully saturated rings. The Morgan fingerprint density at radius 3 is 2.75 bits per heavy atom. The number of ether oxygens (including phenoxy) is 1. The van der Waals surface area contributed by atoms with E-state index in [4.69, 9.17) is 9.73 Å². The van der Waals surface area contributed by atoms with Crippen LogP contribution in [0.4, 0.5) is 15.8 Å². The molecule has 4 rings (SSSR count). The van der Waals surface area contributed by atoms with Crippen molar-refractivity contribution in [2.45, 2.75) is 44.5 Å². The largest absolute Gasteiger partial charge is 0.376 e. The molecule has 0 spiro atoms. The van der Waals surface area contributed by atoms with Crippen molar-refractivity contribution in [1.29, 1.82) is 0 Å². The van der Waals surface area contributed by atoms with E-state index in [2.05, 4.69) is 5.32 Å². The lowest BCUT2D eigenvalue weighted by Crippen LogP contribution is -2.38. The number of aliphatic imine (C=N–C) groups is 1. The molecule has 2 aliphatic rings. The number of nitrogens with one attached hydrogen (secondary N) is 1. The number of thioether (sulfide) groups is 1. The smallest absolute Gasteiger partial charge is 0.242 e.